The molecule has 0 bridgehead atoms. The van der Waals surface area contributed by atoms with E-state index in [9.17, 15) is 0 Å². The Hall–Kier alpha value is -2.01. The number of H-pyrrole nitrogens is 1. The van der Waals surface area contributed by atoms with Crippen molar-refractivity contribution in [1.82, 2.24) is 19.5 Å². The summed E-state index contributed by atoms with van der Waals surface area (Å²) in [6.07, 6.45) is 3.50. The Kier molecular flexibility index (Phi) is 2.26. The first-order valence-electron chi connectivity index (χ1n) is 5.25. The number of nitrogens with one attached hydrogen (secondary N) is 1. The Balaban J connectivity index is 2.42. The van der Waals surface area contributed by atoms with Gasteiger partial charge in [0.2, 0.25) is 0 Å². The summed E-state index contributed by atoms with van der Waals surface area (Å²) >= 11 is 5.32. The molecular weight excluding hydrogens is 232 g/mol. The molecule has 0 atom stereocenters. The van der Waals surface area contributed by atoms with E-state index in [1.165, 1.54) is 0 Å². The first-order valence-corrected chi connectivity index (χ1v) is 5.66. The summed E-state index contributed by atoms with van der Waals surface area (Å²) in [5.41, 5.74) is 2.80. The number of imidazole rings is 1. The van der Waals surface area contributed by atoms with Crippen LogP contribution in [0.15, 0.2) is 36.7 Å². The molecule has 0 unspecified atom stereocenters. The van der Waals surface area contributed by atoms with Gasteiger partial charge in [0, 0.05) is 12.4 Å². The SMILES string of the molecule is Cc1cccnc1-n1c(=S)[nH]c2ncccc21. The Labute approximate surface area is 103 Å². The third-order valence-electron chi connectivity index (χ3n) is 2.65. The second-order valence-corrected chi connectivity index (χ2v) is 4.17. The van der Waals surface area contributed by atoms with Gasteiger partial charge in [0.15, 0.2) is 10.4 Å². The van der Waals surface area contributed by atoms with E-state index in [1.807, 2.05) is 35.8 Å². The number of aryl methyl sites for hydroxylation is 1. The average molecular weight is 242 g/mol. The van der Waals surface area contributed by atoms with Crippen LogP contribution in [-0.4, -0.2) is 19.5 Å². The van der Waals surface area contributed by atoms with E-state index in [1.54, 1.807) is 12.4 Å². The molecule has 5 heteroatoms. The Bertz CT molecular complexity index is 741. The van der Waals surface area contributed by atoms with Crippen molar-refractivity contribution >= 4 is 23.4 Å². The maximum absolute atomic E-state index is 5.32. The smallest absolute Gasteiger partial charge is 0.185 e. The van der Waals surface area contributed by atoms with Crippen LogP contribution in [0.4, 0.5) is 0 Å². The largest absolute Gasteiger partial charge is 0.315 e. The molecule has 0 saturated carbocycles. The summed E-state index contributed by atoms with van der Waals surface area (Å²) in [7, 11) is 0. The van der Waals surface area contributed by atoms with Gasteiger partial charge in [-0.25, -0.2) is 9.97 Å². The van der Waals surface area contributed by atoms with Crippen LogP contribution >= 0.6 is 12.2 Å². The normalized spacial score (nSPS) is 10.9. The van der Waals surface area contributed by atoms with Gasteiger partial charge >= 0.3 is 0 Å². The van der Waals surface area contributed by atoms with E-state index >= 15 is 0 Å². The van der Waals surface area contributed by atoms with E-state index in [2.05, 4.69) is 15.0 Å². The van der Waals surface area contributed by atoms with Crippen LogP contribution in [0.25, 0.3) is 17.0 Å². The van der Waals surface area contributed by atoms with Gasteiger partial charge in [-0.2, -0.15) is 0 Å². The van der Waals surface area contributed by atoms with Crippen LogP contribution in [0.3, 0.4) is 0 Å². The minimum atomic E-state index is 0.612. The van der Waals surface area contributed by atoms with Crippen LogP contribution in [0.5, 0.6) is 0 Å². The number of fused-ring (bicyclic) bond motifs is 1. The number of nitrogens with zero attached hydrogens (tertiary/aromatic N) is 3. The molecule has 84 valence electrons. The van der Waals surface area contributed by atoms with Crippen LogP contribution < -0.4 is 0 Å². The average Bonchev–Trinajstić information content (AvgIpc) is 2.66. The standard InChI is InChI=1S/C12H10N4S/c1-8-4-2-7-14-11(8)16-9-5-3-6-13-10(9)15-12(16)17/h2-7H,1H3,(H,13,15,17). The molecule has 0 amide bonds. The van der Waals surface area contributed by atoms with Crippen molar-refractivity contribution in [1.29, 1.82) is 0 Å². The van der Waals surface area contributed by atoms with E-state index in [0.717, 1.165) is 22.5 Å². The van der Waals surface area contributed by atoms with Gasteiger partial charge in [0.25, 0.3) is 0 Å². The van der Waals surface area contributed by atoms with Crippen LogP contribution in [0.1, 0.15) is 5.56 Å². The lowest BCUT2D eigenvalue weighted by atomic mass is 10.3. The van der Waals surface area contributed by atoms with Crippen molar-refractivity contribution in [2.45, 2.75) is 6.92 Å². The lowest BCUT2D eigenvalue weighted by Gasteiger charge is -2.05. The van der Waals surface area contributed by atoms with Gasteiger partial charge < -0.3 is 4.98 Å². The molecule has 3 aromatic rings. The number of hydrogen-bond acceptors (Lipinski definition) is 3. The van der Waals surface area contributed by atoms with Crippen LogP contribution in [0, 0.1) is 11.7 Å². The first kappa shape index (κ1) is 10.2. The highest BCUT2D eigenvalue weighted by molar-refractivity contribution is 7.71. The molecule has 3 aromatic heterocycles. The molecule has 0 spiro atoms. The Morgan fingerprint density at radius 3 is 2.76 bits per heavy atom. The highest BCUT2D eigenvalue weighted by Gasteiger charge is 2.09. The highest BCUT2D eigenvalue weighted by Crippen LogP contribution is 2.18. The highest BCUT2D eigenvalue weighted by atomic mass is 32.1. The fourth-order valence-electron chi connectivity index (χ4n) is 1.86. The van der Waals surface area contributed by atoms with E-state index < -0.39 is 0 Å². The van der Waals surface area contributed by atoms with Gasteiger partial charge in [0.05, 0.1) is 5.52 Å². The van der Waals surface area contributed by atoms with E-state index in [4.69, 9.17) is 12.2 Å². The van der Waals surface area contributed by atoms with E-state index in [-0.39, 0.29) is 0 Å². The molecular formula is C12H10N4S. The zero-order valence-corrected chi connectivity index (χ0v) is 10.0. The van der Waals surface area contributed by atoms with Crippen molar-refractivity contribution in [2.24, 2.45) is 0 Å². The lowest BCUT2D eigenvalue weighted by molar-refractivity contribution is 0.984. The molecule has 17 heavy (non-hydrogen) atoms. The molecule has 0 aromatic carbocycles. The third-order valence-corrected chi connectivity index (χ3v) is 2.93. The van der Waals surface area contributed by atoms with Gasteiger partial charge in [0.1, 0.15) is 5.82 Å². The summed E-state index contributed by atoms with van der Waals surface area (Å²) in [4.78, 5) is 11.7. The number of aromatic amines is 1. The van der Waals surface area contributed by atoms with Crippen molar-refractivity contribution < 1.29 is 0 Å². The Morgan fingerprint density at radius 1 is 1.18 bits per heavy atom. The quantitative estimate of drug-likeness (QED) is 0.667. The number of pyridine rings is 2. The molecule has 0 aliphatic rings. The second-order valence-electron chi connectivity index (χ2n) is 3.78. The van der Waals surface area contributed by atoms with Crippen molar-refractivity contribution in [3.8, 4) is 5.82 Å². The fourth-order valence-corrected chi connectivity index (χ4v) is 2.14. The van der Waals surface area contributed by atoms with Gasteiger partial charge in [-0.15, -0.1) is 0 Å². The molecule has 4 nitrogen and oxygen atoms in total. The van der Waals surface area contributed by atoms with Crippen molar-refractivity contribution in [3.05, 3.63) is 47.0 Å². The zero-order valence-electron chi connectivity index (χ0n) is 9.21. The van der Waals surface area contributed by atoms with Crippen LogP contribution in [0.2, 0.25) is 0 Å². The summed E-state index contributed by atoms with van der Waals surface area (Å²) < 4.78 is 2.52. The van der Waals surface area contributed by atoms with Crippen molar-refractivity contribution in [3.63, 3.8) is 0 Å². The molecule has 0 fully saturated rings. The molecule has 0 aliphatic carbocycles. The monoisotopic (exact) mass is 242 g/mol. The number of rotatable bonds is 1. The minimum absolute atomic E-state index is 0.612. The van der Waals surface area contributed by atoms with Crippen LogP contribution in [-0.2, 0) is 0 Å². The molecule has 3 heterocycles. The predicted octanol–water partition coefficient (Wildman–Crippen LogP) is 2.79. The first-order chi connectivity index (χ1) is 8.27. The maximum atomic E-state index is 5.32. The van der Waals surface area contributed by atoms with Gasteiger partial charge in [-0.3, -0.25) is 4.57 Å². The summed E-state index contributed by atoms with van der Waals surface area (Å²) in [6, 6.07) is 7.79. The topological polar surface area (TPSA) is 46.5 Å². The summed E-state index contributed by atoms with van der Waals surface area (Å²) in [5, 5.41) is 0. The summed E-state index contributed by atoms with van der Waals surface area (Å²) in [5.74, 6) is 0.844. The maximum Gasteiger partial charge on any atom is 0.185 e. The number of aromatic nitrogens is 4. The van der Waals surface area contributed by atoms with Crippen molar-refractivity contribution in [2.75, 3.05) is 0 Å². The molecule has 3 rings (SSSR count). The minimum Gasteiger partial charge on any atom is -0.315 e. The predicted molar refractivity (Wildman–Crippen MR) is 68.8 cm³/mol. The molecule has 0 radical (unpaired) electrons. The fraction of sp³-hybridized carbons (Fsp3) is 0.0833. The Morgan fingerprint density at radius 2 is 1.94 bits per heavy atom. The zero-order chi connectivity index (χ0) is 11.8. The second kappa shape index (κ2) is 3.78. The molecule has 1 N–H and O–H groups in total. The lowest BCUT2D eigenvalue weighted by Crippen LogP contribution is -1.99. The summed E-state index contributed by atoms with van der Waals surface area (Å²) in [6.45, 7) is 2.01. The number of hydrogen-bond donors (Lipinski definition) is 1. The third kappa shape index (κ3) is 1.55. The van der Waals surface area contributed by atoms with Gasteiger partial charge in [-0.05, 0) is 42.9 Å². The van der Waals surface area contributed by atoms with Gasteiger partial charge in [-0.1, -0.05) is 6.07 Å². The van der Waals surface area contributed by atoms with E-state index in [0.29, 0.717) is 4.77 Å². The molecule has 0 aliphatic heterocycles. The molecule has 0 saturated heterocycles.